The molecule has 340 valence electrons. The molecule has 0 unspecified atom stereocenters. The molecule has 0 aromatic heterocycles. The first-order valence-electron chi connectivity index (χ1n) is 20.4. The van der Waals surface area contributed by atoms with Gasteiger partial charge in [0.25, 0.3) is 0 Å². The molecule has 2 atom stereocenters. The third-order valence-corrected chi connectivity index (χ3v) is 8.61. The van der Waals surface area contributed by atoms with Crippen LogP contribution in [0.25, 0.3) is 0 Å². The van der Waals surface area contributed by atoms with Gasteiger partial charge in [-0.1, -0.05) is 32.1 Å². The number of amides is 4. The zero-order valence-corrected chi connectivity index (χ0v) is 34.4. The van der Waals surface area contributed by atoms with E-state index in [-0.39, 0.29) is 121 Å². The van der Waals surface area contributed by atoms with E-state index in [2.05, 4.69) is 21.3 Å². The number of aliphatic carboxylic acids is 1. The number of benzene rings is 1. The van der Waals surface area contributed by atoms with Crippen LogP contribution >= 0.6 is 0 Å². The largest absolute Gasteiger partial charge is 0.494 e. The van der Waals surface area contributed by atoms with Crippen molar-refractivity contribution in [1.29, 1.82) is 0 Å². The fourth-order valence-corrected chi connectivity index (χ4v) is 5.27. The molecule has 0 bridgehead atoms. The maximum absolute atomic E-state index is 12.4. The number of carboxylic acids is 2. The molecule has 0 saturated heterocycles. The Kier molecular flexibility index (Phi) is 31.1. The van der Waals surface area contributed by atoms with Gasteiger partial charge in [-0.25, -0.2) is 9.59 Å². The van der Waals surface area contributed by atoms with Gasteiger partial charge in [-0.05, 0) is 62.8 Å². The molecule has 0 aliphatic heterocycles. The molecule has 0 radical (unpaired) electrons. The molecule has 20 heteroatoms. The van der Waals surface area contributed by atoms with Gasteiger partial charge in [0.15, 0.2) is 0 Å². The van der Waals surface area contributed by atoms with Crippen LogP contribution in [0, 0.1) is 0 Å². The Morgan fingerprint density at radius 2 is 1.10 bits per heavy atom. The Morgan fingerprint density at radius 3 is 1.67 bits per heavy atom. The lowest BCUT2D eigenvalue weighted by Crippen LogP contribution is -2.41. The fourth-order valence-electron chi connectivity index (χ4n) is 5.27. The number of nitrogens with one attached hydrogen (secondary N) is 4. The molecule has 8 N–H and O–H groups in total. The molecule has 0 aliphatic rings. The van der Waals surface area contributed by atoms with E-state index in [0.29, 0.717) is 38.2 Å². The summed E-state index contributed by atoms with van der Waals surface area (Å²) in [5.74, 6) is -2.98. The van der Waals surface area contributed by atoms with Crippen LogP contribution in [0.4, 0.5) is 4.39 Å². The van der Waals surface area contributed by atoms with Gasteiger partial charge in [-0.15, -0.1) is 0 Å². The number of rotatable bonds is 39. The van der Waals surface area contributed by atoms with E-state index in [4.69, 9.17) is 34.5 Å². The van der Waals surface area contributed by atoms with E-state index in [0.717, 1.165) is 38.5 Å². The van der Waals surface area contributed by atoms with Gasteiger partial charge in [-0.3, -0.25) is 24.0 Å². The number of carbonyl (C=O) groups excluding carboxylic acids is 5. The summed E-state index contributed by atoms with van der Waals surface area (Å²) in [5.41, 5.74) is 5.50. The number of unbranched alkanes of at least 4 members (excludes halogenated alkanes) is 7. The van der Waals surface area contributed by atoms with Crippen LogP contribution in [0.5, 0.6) is 5.75 Å². The highest BCUT2D eigenvalue weighted by atomic mass is 19.1. The summed E-state index contributed by atoms with van der Waals surface area (Å²) >= 11 is 0. The normalized spacial score (nSPS) is 11.9. The first-order valence-corrected chi connectivity index (χ1v) is 20.4. The number of hydrogen-bond donors (Lipinski definition) is 7. The SMILES string of the molecule is N[C@@H](CCCCNC(=O)COCCOCCNC(=O)COCCOCCNC(=O)CC[C@H](NC(=O)CCCCCCCCCOc1ccc(C(=O)O)cc1)C(=O)O)C(=O)F. The minimum absolute atomic E-state index is 0.0575. The Bertz CT molecular complexity index is 1400. The lowest BCUT2D eigenvalue weighted by Gasteiger charge is -2.14. The number of nitrogens with two attached hydrogens (primary N) is 1. The maximum Gasteiger partial charge on any atom is 0.335 e. The second-order valence-electron chi connectivity index (χ2n) is 13.7. The Hall–Kier alpha value is -4.76. The van der Waals surface area contributed by atoms with Crippen LogP contribution in [0.2, 0.25) is 0 Å². The monoisotopic (exact) mass is 857 g/mol. The van der Waals surface area contributed by atoms with Gasteiger partial charge in [0.2, 0.25) is 23.6 Å². The predicted octanol–water partition coefficient (Wildman–Crippen LogP) is 1.64. The molecule has 0 spiro atoms. The van der Waals surface area contributed by atoms with E-state index in [9.17, 15) is 43.1 Å². The second-order valence-corrected chi connectivity index (χ2v) is 13.7. The third-order valence-electron chi connectivity index (χ3n) is 8.61. The Labute approximate surface area is 350 Å². The first-order chi connectivity index (χ1) is 28.9. The molecule has 0 fully saturated rings. The van der Waals surface area contributed by atoms with Crippen LogP contribution in [0.15, 0.2) is 24.3 Å². The minimum Gasteiger partial charge on any atom is -0.494 e. The summed E-state index contributed by atoms with van der Waals surface area (Å²) in [6.07, 6.45) is 7.61. The molecule has 0 saturated carbocycles. The lowest BCUT2D eigenvalue weighted by atomic mass is 10.1. The Morgan fingerprint density at radius 1 is 0.567 bits per heavy atom. The number of carbonyl (C=O) groups is 7. The zero-order chi connectivity index (χ0) is 44.2. The molecular formula is C40H64FN5O14. The van der Waals surface area contributed by atoms with Gasteiger partial charge >= 0.3 is 18.0 Å². The summed E-state index contributed by atoms with van der Waals surface area (Å²) in [5, 5.41) is 28.8. The quantitative estimate of drug-likeness (QED) is 0.0366. The van der Waals surface area contributed by atoms with Crippen molar-refractivity contribution in [2.24, 2.45) is 5.73 Å². The summed E-state index contributed by atoms with van der Waals surface area (Å²) in [4.78, 5) is 81.0. The first kappa shape index (κ1) is 53.3. The highest BCUT2D eigenvalue weighted by molar-refractivity contribution is 5.87. The van der Waals surface area contributed by atoms with Crippen molar-refractivity contribution < 1.29 is 71.8 Å². The summed E-state index contributed by atoms with van der Waals surface area (Å²) in [6, 6.07) is 2.44. The number of halogens is 1. The summed E-state index contributed by atoms with van der Waals surface area (Å²) in [7, 11) is 0. The molecule has 60 heavy (non-hydrogen) atoms. The van der Waals surface area contributed by atoms with Crippen LogP contribution in [0.1, 0.15) is 93.8 Å². The molecule has 4 amide bonds. The number of aromatic carboxylic acids is 1. The van der Waals surface area contributed by atoms with Crippen LogP contribution in [0.3, 0.4) is 0 Å². The number of hydrogen-bond acceptors (Lipinski definition) is 13. The van der Waals surface area contributed by atoms with E-state index in [1.165, 1.54) is 12.1 Å². The van der Waals surface area contributed by atoms with Crippen molar-refractivity contribution in [2.75, 3.05) is 79.1 Å². The maximum atomic E-state index is 12.4. The van der Waals surface area contributed by atoms with E-state index < -0.39 is 30.1 Å². The van der Waals surface area contributed by atoms with Crippen molar-refractivity contribution in [2.45, 2.75) is 95.6 Å². The average molecular weight is 858 g/mol. The van der Waals surface area contributed by atoms with Gasteiger partial charge in [0, 0.05) is 32.5 Å². The van der Waals surface area contributed by atoms with Crippen LogP contribution in [-0.4, -0.2) is 143 Å². The minimum atomic E-state index is -1.55. The van der Waals surface area contributed by atoms with Crippen molar-refractivity contribution in [1.82, 2.24) is 21.3 Å². The van der Waals surface area contributed by atoms with Gasteiger partial charge in [0.05, 0.1) is 57.9 Å². The second kappa shape index (κ2) is 35.0. The molecule has 19 nitrogen and oxygen atoms in total. The smallest absolute Gasteiger partial charge is 0.335 e. The van der Waals surface area contributed by atoms with E-state index >= 15 is 0 Å². The van der Waals surface area contributed by atoms with Crippen LogP contribution < -0.4 is 31.7 Å². The lowest BCUT2D eigenvalue weighted by molar-refractivity contribution is -0.142. The molecule has 0 aliphatic carbocycles. The van der Waals surface area contributed by atoms with Crippen molar-refractivity contribution in [3.05, 3.63) is 29.8 Å². The molecule has 1 aromatic carbocycles. The van der Waals surface area contributed by atoms with E-state index in [1.54, 1.807) is 12.1 Å². The number of carboxylic acid groups (broad SMARTS) is 2. The average Bonchev–Trinajstić information content (AvgIpc) is 3.21. The standard InChI is InChI=1S/C40H64FN5O14/c41-38(51)32(42)10-7-8-18-43-36(49)28-58-26-25-57-23-20-45-37(50)29-59-27-24-56-22-19-44-34(47)17-16-33(40(54)55)46-35(48)11-6-4-2-1-3-5-9-21-60-31-14-12-30(13-15-31)39(52)53/h12-15,32-33H,1-11,16-29,42H2,(H,43,49)(H,44,47)(H,45,50)(H,46,48)(H,52,53)(H,54,55)/t32-,33-/m0/s1. The highest BCUT2D eigenvalue weighted by Gasteiger charge is 2.21. The zero-order valence-electron chi connectivity index (χ0n) is 34.4. The molecule has 0 heterocycles. The molecule has 1 aromatic rings. The third kappa shape index (κ3) is 30.3. The molecular weight excluding hydrogens is 793 g/mol. The summed E-state index contributed by atoms with van der Waals surface area (Å²) in [6.45, 7) is 2.11. The molecule has 1 rings (SSSR count). The van der Waals surface area contributed by atoms with Crippen LogP contribution in [-0.2, 0) is 47.7 Å². The van der Waals surface area contributed by atoms with Gasteiger partial charge < -0.3 is 60.9 Å². The van der Waals surface area contributed by atoms with Gasteiger partial charge in [-0.2, -0.15) is 4.39 Å². The van der Waals surface area contributed by atoms with Crippen molar-refractivity contribution in [3.8, 4) is 5.75 Å². The van der Waals surface area contributed by atoms with Crippen molar-refractivity contribution >= 4 is 41.6 Å². The summed E-state index contributed by atoms with van der Waals surface area (Å²) < 4.78 is 39.1. The van der Waals surface area contributed by atoms with E-state index in [1.807, 2.05) is 0 Å². The predicted molar refractivity (Wildman–Crippen MR) is 215 cm³/mol. The highest BCUT2D eigenvalue weighted by Crippen LogP contribution is 2.14. The van der Waals surface area contributed by atoms with Gasteiger partial charge in [0.1, 0.15) is 25.0 Å². The number of ether oxygens (including phenoxy) is 5. The fraction of sp³-hybridized carbons (Fsp3) is 0.675. The topological polar surface area (TPSA) is 280 Å². The Balaban J connectivity index is 1.93. The van der Waals surface area contributed by atoms with Crippen molar-refractivity contribution in [3.63, 3.8) is 0 Å².